The minimum absolute atomic E-state index is 0.00533. The molecule has 108 valence electrons. The lowest BCUT2D eigenvalue weighted by atomic mass is 10.2. The van der Waals surface area contributed by atoms with Gasteiger partial charge >= 0.3 is 12.0 Å². The summed E-state index contributed by atoms with van der Waals surface area (Å²) in [6.07, 6.45) is 2.26. The molecule has 6 heteroatoms. The standard InChI is InChI=1S/C14H17FN2O3/c1-2-17(8-9-3-4-9)14(20)16-12-6-5-10(13(18)19)7-11(12)15/h5-7,9H,2-4,8H2,1H3,(H,16,20)(H,18,19). The van der Waals surface area contributed by atoms with Crippen molar-refractivity contribution in [3.05, 3.63) is 29.6 Å². The molecule has 0 heterocycles. The maximum atomic E-state index is 13.7. The third kappa shape index (κ3) is 3.46. The van der Waals surface area contributed by atoms with Gasteiger partial charge in [-0.25, -0.2) is 14.0 Å². The first-order valence-corrected chi connectivity index (χ1v) is 6.60. The van der Waals surface area contributed by atoms with E-state index in [-0.39, 0.29) is 17.3 Å². The molecule has 2 amide bonds. The van der Waals surface area contributed by atoms with E-state index in [0.29, 0.717) is 19.0 Å². The van der Waals surface area contributed by atoms with Crippen molar-refractivity contribution in [3.63, 3.8) is 0 Å². The molecule has 0 radical (unpaired) electrons. The minimum atomic E-state index is -1.20. The Morgan fingerprint density at radius 3 is 2.65 bits per heavy atom. The van der Waals surface area contributed by atoms with Crippen LogP contribution in [0.25, 0.3) is 0 Å². The summed E-state index contributed by atoms with van der Waals surface area (Å²) < 4.78 is 13.7. The maximum absolute atomic E-state index is 13.7. The van der Waals surface area contributed by atoms with E-state index in [0.717, 1.165) is 18.9 Å². The van der Waals surface area contributed by atoms with Gasteiger partial charge in [-0.2, -0.15) is 0 Å². The molecule has 0 saturated heterocycles. The molecule has 0 unspecified atom stereocenters. The number of amides is 2. The van der Waals surface area contributed by atoms with E-state index in [1.165, 1.54) is 12.1 Å². The number of hydrogen-bond acceptors (Lipinski definition) is 2. The maximum Gasteiger partial charge on any atom is 0.335 e. The second kappa shape index (κ2) is 5.90. The predicted molar refractivity (Wildman–Crippen MR) is 72.3 cm³/mol. The highest BCUT2D eigenvalue weighted by Gasteiger charge is 2.26. The number of carbonyl (C=O) groups is 2. The number of carbonyl (C=O) groups excluding carboxylic acids is 1. The number of halogens is 1. The number of hydrogen-bond donors (Lipinski definition) is 2. The number of nitrogens with zero attached hydrogens (tertiary/aromatic N) is 1. The van der Waals surface area contributed by atoms with Gasteiger partial charge in [-0.05, 0) is 43.9 Å². The van der Waals surface area contributed by atoms with Gasteiger partial charge in [0, 0.05) is 13.1 Å². The fourth-order valence-corrected chi connectivity index (χ4v) is 1.91. The normalized spacial score (nSPS) is 13.9. The molecule has 1 aromatic carbocycles. The van der Waals surface area contributed by atoms with Crippen LogP contribution in [0.5, 0.6) is 0 Å². The first-order chi connectivity index (χ1) is 9.51. The van der Waals surface area contributed by atoms with Gasteiger partial charge in [-0.1, -0.05) is 0 Å². The Hall–Kier alpha value is -2.11. The molecule has 1 aliphatic carbocycles. The molecular formula is C14H17FN2O3. The fraction of sp³-hybridized carbons (Fsp3) is 0.429. The van der Waals surface area contributed by atoms with Crippen molar-refractivity contribution >= 4 is 17.7 Å². The van der Waals surface area contributed by atoms with E-state index in [9.17, 15) is 14.0 Å². The van der Waals surface area contributed by atoms with Crippen molar-refractivity contribution in [2.45, 2.75) is 19.8 Å². The molecular weight excluding hydrogens is 263 g/mol. The zero-order chi connectivity index (χ0) is 14.7. The predicted octanol–water partition coefficient (Wildman–Crippen LogP) is 2.79. The molecule has 2 N–H and O–H groups in total. The van der Waals surface area contributed by atoms with E-state index in [1.54, 1.807) is 4.90 Å². The second-order valence-corrected chi connectivity index (χ2v) is 4.91. The molecule has 1 aliphatic rings. The summed E-state index contributed by atoms with van der Waals surface area (Å²) in [5, 5.41) is 11.2. The highest BCUT2D eigenvalue weighted by molar-refractivity contribution is 5.91. The first kappa shape index (κ1) is 14.3. The van der Waals surface area contributed by atoms with Crippen molar-refractivity contribution in [1.82, 2.24) is 4.90 Å². The molecule has 5 nitrogen and oxygen atoms in total. The Bertz CT molecular complexity index is 529. The van der Waals surface area contributed by atoms with Crippen molar-refractivity contribution in [1.29, 1.82) is 0 Å². The number of benzene rings is 1. The van der Waals surface area contributed by atoms with Crippen LogP contribution in [0.1, 0.15) is 30.1 Å². The van der Waals surface area contributed by atoms with Gasteiger partial charge < -0.3 is 15.3 Å². The van der Waals surface area contributed by atoms with E-state index in [4.69, 9.17) is 5.11 Å². The van der Waals surface area contributed by atoms with Gasteiger partial charge in [0.25, 0.3) is 0 Å². The average Bonchev–Trinajstić information content (AvgIpc) is 3.21. The first-order valence-electron chi connectivity index (χ1n) is 6.60. The van der Waals surface area contributed by atoms with Crippen LogP contribution in [0.2, 0.25) is 0 Å². The largest absolute Gasteiger partial charge is 0.478 e. The highest BCUT2D eigenvalue weighted by Crippen LogP contribution is 2.29. The summed E-state index contributed by atoms with van der Waals surface area (Å²) in [6, 6.07) is 3.07. The summed E-state index contributed by atoms with van der Waals surface area (Å²) in [5.41, 5.74) is -0.153. The Morgan fingerprint density at radius 2 is 2.15 bits per heavy atom. The molecule has 0 bridgehead atoms. The molecule has 0 spiro atoms. The lowest BCUT2D eigenvalue weighted by Crippen LogP contribution is -2.36. The molecule has 1 saturated carbocycles. The number of urea groups is 1. The van der Waals surface area contributed by atoms with Gasteiger partial charge in [0.15, 0.2) is 0 Å². The Morgan fingerprint density at radius 1 is 1.45 bits per heavy atom. The second-order valence-electron chi connectivity index (χ2n) is 4.91. The fourth-order valence-electron chi connectivity index (χ4n) is 1.91. The summed E-state index contributed by atoms with van der Waals surface area (Å²) in [6.45, 7) is 3.10. The SMILES string of the molecule is CCN(CC1CC1)C(=O)Nc1ccc(C(=O)O)cc1F. The van der Waals surface area contributed by atoms with Crippen LogP contribution in [-0.4, -0.2) is 35.1 Å². The molecule has 20 heavy (non-hydrogen) atoms. The van der Waals surface area contributed by atoms with Crippen LogP contribution >= 0.6 is 0 Å². The Balaban J connectivity index is 2.04. The zero-order valence-corrected chi connectivity index (χ0v) is 11.2. The summed E-state index contributed by atoms with van der Waals surface area (Å²) in [7, 11) is 0. The topological polar surface area (TPSA) is 69.6 Å². The molecule has 0 atom stereocenters. The van der Waals surface area contributed by atoms with E-state index in [2.05, 4.69) is 5.32 Å². The van der Waals surface area contributed by atoms with E-state index >= 15 is 0 Å². The number of aromatic carboxylic acids is 1. The molecule has 0 aliphatic heterocycles. The number of carboxylic acid groups (broad SMARTS) is 1. The lowest BCUT2D eigenvalue weighted by molar-refractivity contribution is 0.0696. The summed E-state index contributed by atoms with van der Waals surface area (Å²) in [4.78, 5) is 24.3. The van der Waals surface area contributed by atoms with Crippen molar-refractivity contribution in [3.8, 4) is 0 Å². The van der Waals surface area contributed by atoms with Gasteiger partial charge in [-0.15, -0.1) is 0 Å². The van der Waals surface area contributed by atoms with Gasteiger partial charge in [0.1, 0.15) is 5.82 Å². The van der Waals surface area contributed by atoms with Crippen molar-refractivity contribution in [2.75, 3.05) is 18.4 Å². The highest BCUT2D eigenvalue weighted by atomic mass is 19.1. The van der Waals surface area contributed by atoms with Crippen LogP contribution < -0.4 is 5.32 Å². The Kier molecular flexibility index (Phi) is 4.22. The Labute approximate surface area is 116 Å². The monoisotopic (exact) mass is 280 g/mol. The summed E-state index contributed by atoms with van der Waals surface area (Å²) in [5.74, 6) is -1.40. The van der Waals surface area contributed by atoms with Crippen LogP contribution in [0.4, 0.5) is 14.9 Å². The smallest absolute Gasteiger partial charge is 0.335 e. The van der Waals surface area contributed by atoms with Gasteiger partial charge in [-0.3, -0.25) is 0 Å². The van der Waals surface area contributed by atoms with Crippen molar-refractivity contribution < 1.29 is 19.1 Å². The zero-order valence-electron chi connectivity index (χ0n) is 11.2. The lowest BCUT2D eigenvalue weighted by Gasteiger charge is -2.21. The van der Waals surface area contributed by atoms with Crippen LogP contribution in [0, 0.1) is 11.7 Å². The third-order valence-corrected chi connectivity index (χ3v) is 3.30. The van der Waals surface area contributed by atoms with E-state index in [1.807, 2.05) is 6.92 Å². The third-order valence-electron chi connectivity index (χ3n) is 3.30. The molecule has 1 aromatic rings. The van der Waals surface area contributed by atoms with Crippen LogP contribution in [0.3, 0.4) is 0 Å². The molecule has 2 rings (SSSR count). The average molecular weight is 280 g/mol. The van der Waals surface area contributed by atoms with E-state index < -0.39 is 11.8 Å². The van der Waals surface area contributed by atoms with Gasteiger partial charge in [0.2, 0.25) is 0 Å². The van der Waals surface area contributed by atoms with Crippen molar-refractivity contribution in [2.24, 2.45) is 5.92 Å². The quantitative estimate of drug-likeness (QED) is 0.871. The summed E-state index contributed by atoms with van der Waals surface area (Å²) >= 11 is 0. The molecule has 0 aromatic heterocycles. The number of carboxylic acids is 1. The van der Waals surface area contributed by atoms with Gasteiger partial charge in [0.05, 0.1) is 11.3 Å². The number of nitrogens with one attached hydrogen (secondary N) is 1. The molecule has 1 fully saturated rings. The minimum Gasteiger partial charge on any atom is -0.478 e. The number of anilines is 1. The number of rotatable bonds is 5. The van der Waals surface area contributed by atoms with Crippen LogP contribution in [0.15, 0.2) is 18.2 Å². The van der Waals surface area contributed by atoms with Crippen LogP contribution in [-0.2, 0) is 0 Å².